The van der Waals surface area contributed by atoms with Crippen LogP contribution in [0.15, 0.2) is 54.2 Å². The van der Waals surface area contributed by atoms with E-state index in [0.717, 1.165) is 16.4 Å². The number of carbonyl (C=O) groups is 1. The molecule has 0 unspecified atom stereocenters. The largest absolute Gasteiger partial charge is 0.338 e. The predicted octanol–water partition coefficient (Wildman–Crippen LogP) is 2.37. The normalized spacial score (nSPS) is 10.4. The van der Waals surface area contributed by atoms with Crippen molar-refractivity contribution < 1.29 is 4.79 Å². The third-order valence-electron chi connectivity index (χ3n) is 3.20. The first-order valence-electron chi connectivity index (χ1n) is 7.31. The van der Waals surface area contributed by atoms with Crippen LogP contribution in [0, 0.1) is 0 Å². The smallest absolute Gasteiger partial charge is 0.315 e. The van der Waals surface area contributed by atoms with E-state index in [4.69, 9.17) is 0 Å². The monoisotopic (exact) mass is 327 g/mol. The van der Waals surface area contributed by atoms with E-state index < -0.39 is 0 Å². The minimum absolute atomic E-state index is 0.170. The Labute approximate surface area is 138 Å². The number of carbonyl (C=O) groups excluding carboxylic acids is 1. The van der Waals surface area contributed by atoms with Gasteiger partial charge in [0.25, 0.3) is 0 Å². The zero-order valence-electron chi connectivity index (χ0n) is 12.5. The molecule has 0 radical (unpaired) electrons. The Balaban J connectivity index is 1.40. The second-order valence-electron chi connectivity index (χ2n) is 4.92. The zero-order valence-corrected chi connectivity index (χ0v) is 13.3. The summed E-state index contributed by atoms with van der Waals surface area (Å²) in [5, 5.41) is 12.6. The van der Waals surface area contributed by atoms with E-state index in [1.165, 1.54) is 11.3 Å². The molecule has 0 aliphatic rings. The van der Waals surface area contributed by atoms with Crippen LogP contribution in [0.3, 0.4) is 0 Å². The molecule has 6 nitrogen and oxygen atoms in total. The van der Waals surface area contributed by atoms with Crippen molar-refractivity contribution in [1.82, 2.24) is 25.4 Å². The van der Waals surface area contributed by atoms with E-state index in [1.807, 2.05) is 48.0 Å². The Morgan fingerprint density at radius 1 is 1.17 bits per heavy atom. The molecule has 118 valence electrons. The fraction of sp³-hybridized carbons (Fsp3) is 0.188. The molecule has 0 saturated heterocycles. The fourth-order valence-electron chi connectivity index (χ4n) is 2.04. The van der Waals surface area contributed by atoms with Gasteiger partial charge < -0.3 is 10.6 Å². The van der Waals surface area contributed by atoms with Gasteiger partial charge in [0.15, 0.2) is 0 Å². The van der Waals surface area contributed by atoms with Crippen LogP contribution in [-0.4, -0.2) is 27.3 Å². The van der Waals surface area contributed by atoms with Crippen LogP contribution in [0.2, 0.25) is 0 Å². The van der Waals surface area contributed by atoms with Crippen LogP contribution in [0.4, 0.5) is 4.79 Å². The first-order valence-corrected chi connectivity index (χ1v) is 8.19. The minimum Gasteiger partial charge on any atom is -0.338 e. The molecule has 7 heteroatoms. The number of hydrogen-bond donors (Lipinski definition) is 2. The number of nitrogens with zero attached hydrogens (tertiary/aromatic N) is 3. The molecule has 0 bridgehead atoms. The Kier molecular flexibility index (Phi) is 5.00. The molecule has 23 heavy (non-hydrogen) atoms. The van der Waals surface area contributed by atoms with Gasteiger partial charge in [0.2, 0.25) is 5.13 Å². The Morgan fingerprint density at radius 2 is 2.04 bits per heavy atom. The molecule has 2 aromatic heterocycles. The first kappa shape index (κ1) is 15.2. The molecule has 2 heterocycles. The van der Waals surface area contributed by atoms with Crippen molar-refractivity contribution in [3.05, 3.63) is 65.4 Å². The maximum absolute atomic E-state index is 11.7. The highest BCUT2D eigenvalue weighted by Gasteiger charge is 2.05. The summed E-state index contributed by atoms with van der Waals surface area (Å²) in [7, 11) is 0. The molecule has 0 atom stereocenters. The van der Waals surface area contributed by atoms with Crippen LogP contribution in [0.5, 0.6) is 0 Å². The van der Waals surface area contributed by atoms with Crippen molar-refractivity contribution in [2.45, 2.75) is 13.0 Å². The highest BCUT2D eigenvalue weighted by atomic mass is 32.1. The zero-order chi connectivity index (χ0) is 15.9. The van der Waals surface area contributed by atoms with Gasteiger partial charge in [0.1, 0.15) is 0 Å². The quantitative estimate of drug-likeness (QED) is 0.730. The van der Waals surface area contributed by atoms with Crippen LogP contribution >= 0.6 is 11.3 Å². The van der Waals surface area contributed by atoms with E-state index in [0.29, 0.717) is 19.5 Å². The molecule has 3 aromatic rings. The number of benzene rings is 1. The molecule has 3 rings (SSSR count). The van der Waals surface area contributed by atoms with Crippen LogP contribution in [0.1, 0.15) is 11.3 Å². The van der Waals surface area contributed by atoms with Gasteiger partial charge in [-0.3, -0.25) is 0 Å². The van der Waals surface area contributed by atoms with Crippen molar-refractivity contribution in [2.24, 2.45) is 0 Å². The molecule has 0 saturated carbocycles. The fourth-order valence-corrected chi connectivity index (χ4v) is 2.84. The van der Waals surface area contributed by atoms with Gasteiger partial charge in [-0.15, -0.1) is 11.3 Å². The lowest BCUT2D eigenvalue weighted by Crippen LogP contribution is -2.36. The molecule has 0 aliphatic carbocycles. The Morgan fingerprint density at radius 3 is 2.83 bits per heavy atom. The molecule has 2 N–H and O–H groups in total. The molecule has 2 amide bonds. The highest BCUT2D eigenvalue weighted by molar-refractivity contribution is 7.12. The number of amides is 2. The maximum atomic E-state index is 11.7. The number of urea groups is 1. The van der Waals surface area contributed by atoms with Gasteiger partial charge in [-0.2, -0.15) is 5.10 Å². The number of aromatic nitrogens is 3. The summed E-state index contributed by atoms with van der Waals surface area (Å²) in [6.45, 7) is 1.07. The molecule has 1 aromatic carbocycles. The van der Waals surface area contributed by atoms with E-state index in [2.05, 4.69) is 20.7 Å². The van der Waals surface area contributed by atoms with Gasteiger partial charge >= 0.3 is 6.03 Å². The summed E-state index contributed by atoms with van der Waals surface area (Å²) in [6.07, 6.45) is 4.27. The summed E-state index contributed by atoms with van der Waals surface area (Å²) < 4.78 is 1.73. The SMILES string of the molecule is O=C(NCCc1csc(-n2cccn2)n1)NCc1ccccc1. The molecule has 0 spiro atoms. The second-order valence-corrected chi connectivity index (χ2v) is 5.75. The summed E-state index contributed by atoms with van der Waals surface area (Å²) in [5.41, 5.74) is 2.02. The van der Waals surface area contributed by atoms with Gasteiger partial charge in [0.05, 0.1) is 5.69 Å². The predicted molar refractivity (Wildman–Crippen MR) is 89.6 cm³/mol. The highest BCUT2D eigenvalue weighted by Crippen LogP contribution is 2.13. The van der Waals surface area contributed by atoms with Crippen LogP contribution in [0.25, 0.3) is 5.13 Å². The van der Waals surface area contributed by atoms with E-state index in [1.54, 1.807) is 10.9 Å². The van der Waals surface area contributed by atoms with Gasteiger partial charge in [-0.1, -0.05) is 30.3 Å². The standard InChI is InChI=1S/C16H17N5OS/c22-15(18-11-13-5-2-1-3-6-13)17-9-7-14-12-23-16(20-14)21-10-4-8-19-21/h1-6,8,10,12H,7,9,11H2,(H2,17,18,22). The topological polar surface area (TPSA) is 71.8 Å². The van der Waals surface area contributed by atoms with E-state index in [9.17, 15) is 4.79 Å². The summed E-state index contributed by atoms with van der Waals surface area (Å²) >= 11 is 1.53. The average Bonchev–Trinajstić information content (AvgIpc) is 3.25. The summed E-state index contributed by atoms with van der Waals surface area (Å²) in [4.78, 5) is 16.2. The third kappa shape index (κ3) is 4.40. The van der Waals surface area contributed by atoms with Crippen LogP contribution < -0.4 is 10.6 Å². The number of hydrogen-bond acceptors (Lipinski definition) is 4. The van der Waals surface area contributed by atoms with E-state index in [-0.39, 0.29) is 6.03 Å². The number of nitrogens with one attached hydrogen (secondary N) is 2. The number of thiazole rings is 1. The van der Waals surface area contributed by atoms with Crippen molar-refractivity contribution in [3.8, 4) is 5.13 Å². The molecule has 0 fully saturated rings. The van der Waals surface area contributed by atoms with Crippen molar-refractivity contribution in [1.29, 1.82) is 0 Å². The molecule has 0 aliphatic heterocycles. The van der Waals surface area contributed by atoms with Crippen LogP contribution in [-0.2, 0) is 13.0 Å². The minimum atomic E-state index is -0.170. The van der Waals surface area contributed by atoms with Crippen molar-refractivity contribution >= 4 is 17.4 Å². The lowest BCUT2D eigenvalue weighted by atomic mass is 10.2. The van der Waals surface area contributed by atoms with E-state index >= 15 is 0 Å². The summed E-state index contributed by atoms with van der Waals surface area (Å²) in [6, 6.07) is 11.5. The van der Waals surface area contributed by atoms with Gasteiger partial charge in [-0.05, 0) is 11.6 Å². The lowest BCUT2D eigenvalue weighted by Gasteiger charge is -2.06. The maximum Gasteiger partial charge on any atom is 0.315 e. The van der Waals surface area contributed by atoms with Crippen molar-refractivity contribution in [2.75, 3.05) is 6.54 Å². The second kappa shape index (κ2) is 7.55. The number of rotatable bonds is 6. The third-order valence-corrected chi connectivity index (χ3v) is 4.08. The molecular weight excluding hydrogens is 310 g/mol. The van der Waals surface area contributed by atoms with Gasteiger partial charge in [-0.25, -0.2) is 14.5 Å². The first-order chi connectivity index (χ1) is 11.3. The lowest BCUT2D eigenvalue weighted by molar-refractivity contribution is 0.240. The average molecular weight is 327 g/mol. The molecular formula is C16H17N5OS. The summed E-state index contributed by atoms with van der Waals surface area (Å²) in [5.74, 6) is 0. The Hall–Kier alpha value is -2.67. The Bertz CT molecular complexity index is 739. The van der Waals surface area contributed by atoms with Gasteiger partial charge in [0, 0.05) is 37.3 Å². The van der Waals surface area contributed by atoms with Crippen molar-refractivity contribution in [3.63, 3.8) is 0 Å².